The summed E-state index contributed by atoms with van der Waals surface area (Å²) in [6.45, 7) is 2.10. The van der Waals surface area contributed by atoms with Crippen LogP contribution in [0.25, 0.3) is 6.08 Å². The van der Waals surface area contributed by atoms with E-state index in [1.165, 1.54) is 18.2 Å². The molecule has 126 valence electrons. The number of ether oxygens (including phenoxy) is 2. The predicted octanol–water partition coefficient (Wildman–Crippen LogP) is 4.26. The number of carbonyl (C=O) groups excluding carboxylic acids is 1. The van der Waals surface area contributed by atoms with Gasteiger partial charge in [-0.1, -0.05) is 19.4 Å². The van der Waals surface area contributed by atoms with E-state index in [9.17, 15) is 9.90 Å². The molecule has 0 amide bonds. The van der Waals surface area contributed by atoms with Gasteiger partial charge >= 0.3 is 0 Å². The highest BCUT2D eigenvalue weighted by molar-refractivity contribution is 6.07. The molecule has 0 unspecified atom stereocenters. The van der Waals surface area contributed by atoms with Crippen molar-refractivity contribution < 1.29 is 19.4 Å². The Balaban J connectivity index is 2.37. The summed E-state index contributed by atoms with van der Waals surface area (Å²) in [5, 5.41) is 9.30. The van der Waals surface area contributed by atoms with Crippen LogP contribution in [0.5, 0.6) is 17.2 Å². The Morgan fingerprint density at radius 1 is 1.08 bits per heavy atom. The number of phenolic OH excluding ortho intramolecular Hbond substituents is 1. The minimum atomic E-state index is -0.153. The molecule has 0 aliphatic carbocycles. The highest BCUT2D eigenvalue weighted by atomic mass is 16.5. The van der Waals surface area contributed by atoms with Crippen LogP contribution in [0, 0.1) is 0 Å². The van der Waals surface area contributed by atoms with Gasteiger partial charge in [-0.2, -0.15) is 0 Å². The van der Waals surface area contributed by atoms with Crippen molar-refractivity contribution in [2.24, 2.45) is 0 Å². The standard InChI is InChI=1S/C20H22O4/c1-4-5-15-8-13-19(23-2)17(20(15)24-3)11-12-18(22)14-6-9-16(21)10-7-14/h6-13,21H,4-5H2,1-3H3. The van der Waals surface area contributed by atoms with Gasteiger partial charge in [0.05, 0.1) is 19.8 Å². The van der Waals surface area contributed by atoms with E-state index in [-0.39, 0.29) is 11.5 Å². The lowest BCUT2D eigenvalue weighted by molar-refractivity contribution is 0.104. The molecule has 1 N–H and O–H groups in total. The average Bonchev–Trinajstić information content (AvgIpc) is 2.60. The molecule has 0 saturated carbocycles. The molecule has 2 aromatic carbocycles. The first kappa shape index (κ1) is 17.6. The maximum Gasteiger partial charge on any atom is 0.185 e. The fourth-order valence-electron chi connectivity index (χ4n) is 2.55. The normalized spacial score (nSPS) is 10.8. The molecule has 2 rings (SSSR count). The van der Waals surface area contributed by atoms with Gasteiger partial charge in [0, 0.05) is 5.56 Å². The summed E-state index contributed by atoms with van der Waals surface area (Å²) in [5.41, 5.74) is 2.34. The van der Waals surface area contributed by atoms with Crippen LogP contribution in [0.1, 0.15) is 34.8 Å². The van der Waals surface area contributed by atoms with Crippen LogP contribution < -0.4 is 9.47 Å². The second-order valence-electron chi connectivity index (χ2n) is 5.37. The van der Waals surface area contributed by atoms with Crippen LogP contribution in [0.4, 0.5) is 0 Å². The van der Waals surface area contributed by atoms with Crippen LogP contribution in [-0.2, 0) is 6.42 Å². The Morgan fingerprint density at radius 2 is 1.79 bits per heavy atom. The lowest BCUT2D eigenvalue weighted by Crippen LogP contribution is -1.99. The third-order valence-corrected chi connectivity index (χ3v) is 3.73. The van der Waals surface area contributed by atoms with Gasteiger partial charge in [0.15, 0.2) is 5.78 Å². The molecule has 4 nitrogen and oxygen atoms in total. The monoisotopic (exact) mass is 326 g/mol. The quantitative estimate of drug-likeness (QED) is 0.610. The van der Waals surface area contributed by atoms with Crippen molar-refractivity contribution in [1.29, 1.82) is 0 Å². The number of hydrogen-bond acceptors (Lipinski definition) is 4. The molecule has 0 aliphatic rings. The zero-order valence-corrected chi connectivity index (χ0v) is 14.2. The van der Waals surface area contributed by atoms with Crippen LogP contribution in [0.2, 0.25) is 0 Å². The van der Waals surface area contributed by atoms with Crippen molar-refractivity contribution in [1.82, 2.24) is 0 Å². The Kier molecular flexibility index (Phi) is 6.01. The van der Waals surface area contributed by atoms with Crippen LogP contribution in [0.15, 0.2) is 42.5 Å². The number of aryl methyl sites for hydroxylation is 1. The fourth-order valence-corrected chi connectivity index (χ4v) is 2.55. The maximum absolute atomic E-state index is 12.3. The largest absolute Gasteiger partial charge is 0.508 e. The van der Waals surface area contributed by atoms with E-state index in [0.717, 1.165) is 29.7 Å². The average molecular weight is 326 g/mol. The van der Waals surface area contributed by atoms with Crippen LogP contribution in [0.3, 0.4) is 0 Å². The molecule has 0 aromatic heterocycles. The number of rotatable bonds is 7. The van der Waals surface area contributed by atoms with Gasteiger partial charge < -0.3 is 14.6 Å². The van der Waals surface area contributed by atoms with Gasteiger partial charge in [-0.3, -0.25) is 4.79 Å². The Hall–Kier alpha value is -2.75. The summed E-state index contributed by atoms with van der Waals surface area (Å²) >= 11 is 0. The number of methoxy groups -OCH3 is 2. The summed E-state index contributed by atoms with van der Waals surface area (Å²) in [4.78, 5) is 12.3. The lowest BCUT2D eigenvalue weighted by Gasteiger charge is -2.14. The number of aromatic hydroxyl groups is 1. The number of phenols is 1. The van der Waals surface area contributed by atoms with E-state index in [2.05, 4.69) is 6.92 Å². The lowest BCUT2D eigenvalue weighted by atomic mass is 10.0. The summed E-state index contributed by atoms with van der Waals surface area (Å²) in [6.07, 6.45) is 5.09. The van der Waals surface area contributed by atoms with Gasteiger partial charge in [0.2, 0.25) is 0 Å². The minimum absolute atomic E-state index is 0.131. The van der Waals surface area contributed by atoms with Crippen molar-refractivity contribution >= 4 is 11.9 Å². The Labute approximate surface area is 142 Å². The van der Waals surface area contributed by atoms with E-state index in [1.54, 1.807) is 32.4 Å². The first-order valence-corrected chi connectivity index (χ1v) is 7.86. The molecule has 0 aliphatic heterocycles. The predicted molar refractivity (Wildman–Crippen MR) is 95.0 cm³/mol. The number of allylic oxidation sites excluding steroid dienone is 1. The smallest absolute Gasteiger partial charge is 0.185 e. The molecule has 2 aromatic rings. The van der Waals surface area contributed by atoms with Crippen molar-refractivity contribution in [3.05, 3.63) is 59.2 Å². The molecule has 24 heavy (non-hydrogen) atoms. The summed E-state index contributed by atoms with van der Waals surface area (Å²) in [7, 11) is 3.21. The zero-order valence-electron chi connectivity index (χ0n) is 14.2. The highest BCUT2D eigenvalue weighted by Crippen LogP contribution is 2.34. The number of hydrogen-bond donors (Lipinski definition) is 1. The van der Waals surface area contributed by atoms with Crippen LogP contribution in [-0.4, -0.2) is 25.1 Å². The second kappa shape index (κ2) is 8.20. The van der Waals surface area contributed by atoms with Crippen molar-refractivity contribution in [2.45, 2.75) is 19.8 Å². The highest BCUT2D eigenvalue weighted by Gasteiger charge is 2.13. The first-order chi connectivity index (χ1) is 11.6. The fraction of sp³-hybridized carbons (Fsp3) is 0.250. The summed E-state index contributed by atoms with van der Waals surface area (Å²) in [6, 6.07) is 10.0. The molecule has 0 atom stereocenters. The molecule has 0 heterocycles. The van der Waals surface area contributed by atoms with E-state index >= 15 is 0 Å². The van der Waals surface area contributed by atoms with Crippen molar-refractivity contribution in [3.63, 3.8) is 0 Å². The van der Waals surface area contributed by atoms with Crippen LogP contribution >= 0.6 is 0 Å². The summed E-state index contributed by atoms with van der Waals surface area (Å²) < 4.78 is 10.9. The summed E-state index contributed by atoms with van der Waals surface area (Å²) in [5.74, 6) is 1.36. The molecule has 4 heteroatoms. The van der Waals surface area contributed by atoms with E-state index in [1.807, 2.05) is 12.1 Å². The second-order valence-corrected chi connectivity index (χ2v) is 5.37. The zero-order chi connectivity index (χ0) is 17.5. The van der Waals surface area contributed by atoms with Gasteiger partial charge in [0.25, 0.3) is 0 Å². The Bertz CT molecular complexity index is 730. The van der Waals surface area contributed by atoms with Gasteiger partial charge in [-0.25, -0.2) is 0 Å². The minimum Gasteiger partial charge on any atom is -0.508 e. The number of benzene rings is 2. The van der Waals surface area contributed by atoms with Gasteiger partial charge in [-0.05, 0) is 54.5 Å². The SMILES string of the molecule is CCCc1ccc(OC)c(C=CC(=O)c2ccc(O)cc2)c1OC. The third-order valence-electron chi connectivity index (χ3n) is 3.73. The number of ketones is 1. The topological polar surface area (TPSA) is 55.8 Å². The van der Waals surface area contributed by atoms with E-state index in [4.69, 9.17) is 9.47 Å². The first-order valence-electron chi connectivity index (χ1n) is 7.86. The van der Waals surface area contributed by atoms with Crippen molar-refractivity contribution in [2.75, 3.05) is 14.2 Å². The maximum atomic E-state index is 12.3. The number of carbonyl (C=O) groups is 1. The van der Waals surface area contributed by atoms with Gasteiger partial charge in [-0.15, -0.1) is 0 Å². The third kappa shape index (κ3) is 3.96. The molecular formula is C20H22O4. The van der Waals surface area contributed by atoms with E-state index in [0.29, 0.717) is 11.3 Å². The van der Waals surface area contributed by atoms with Gasteiger partial charge in [0.1, 0.15) is 17.2 Å². The molecule has 0 fully saturated rings. The van der Waals surface area contributed by atoms with Crippen molar-refractivity contribution in [3.8, 4) is 17.2 Å². The Morgan fingerprint density at radius 3 is 2.38 bits per heavy atom. The molecule has 0 spiro atoms. The molecule has 0 radical (unpaired) electrons. The molecule has 0 bridgehead atoms. The van der Waals surface area contributed by atoms with E-state index < -0.39 is 0 Å². The molecular weight excluding hydrogens is 304 g/mol. The molecule has 0 saturated heterocycles.